The van der Waals surface area contributed by atoms with Gasteiger partial charge in [0.2, 0.25) is 0 Å². The number of primary amides is 1. The van der Waals surface area contributed by atoms with Crippen molar-refractivity contribution >= 4 is 27.9 Å². The summed E-state index contributed by atoms with van der Waals surface area (Å²) in [6.45, 7) is 0. The number of methoxy groups -OCH3 is 1. The highest BCUT2D eigenvalue weighted by molar-refractivity contribution is 9.10. The lowest BCUT2D eigenvalue weighted by Crippen LogP contribution is -2.12. The number of benzene rings is 1. The van der Waals surface area contributed by atoms with Gasteiger partial charge in [-0.3, -0.25) is 4.79 Å². The summed E-state index contributed by atoms with van der Waals surface area (Å²) in [4.78, 5) is 10.8. The van der Waals surface area contributed by atoms with Gasteiger partial charge in [-0.15, -0.1) is 0 Å². The summed E-state index contributed by atoms with van der Waals surface area (Å²) in [6.07, 6.45) is 1.42. The smallest absolute Gasteiger partial charge is 0.259 e. The molecule has 0 saturated carbocycles. The number of halogens is 1. The molecule has 16 heavy (non-hydrogen) atoms. The average Bonchev–Trinajstić information content (AvgIpc) is 2.25. The minimum absolute atomic E-state index is 0.0860. The molecule has 1 aromatic rings. The molecule has 0 unspecified atom stereocenters. The standard InChI is InChI=1S/C11H9BrN2O2/c1-16-10-3-2-7(5-9(10)12)4-8(6-13)11(14)15/h2-5H,1H3,(H2,14,15)/b8-4-. The molecule has 4 nitrogen and oxygen atoms in total. The molecule has 0 radical (unpaired) electrons. The van der Waals surface area contributed by atoms with E-state index in [-0.39, 0.29) is 5.57 Å². The van der Waals surface area contributed by atoms with Gasteiger partial charge in [0.05, 0.1) is 11.6 Å². The van der Waals surface area contributed by atoms with E-state index in [0.717, 1.165) is 4.47 Å². The highest BCUT2D eigenvalue weighted by atomic mass is 79.9. The van der Waals surface area contributed by atoms with Crippen LogP contribution >= 0.6 is 15.9 Å². The SMILES string of the molecule is COc1ccc(/C=C(/C#N)C(N)=O)cc1Br. The molecule has 0 saturated heterocycles. The summed E-state index contributed by atoms with van der Waals surface area (Å²) in [6, 6.07) is 6.93. The maximum atomic E-state index is 10.8. The van der Waals surface area contributed by atoms with Gasteiger partial charge in [0, 0.05) is 0 Å². The van der Waals surface area contributed by atoms with Gasteiger partial charge in [0.1, 0.15) is 17.4 Å². The quantitative estimate of drug-likeness (QED) is 0.678. The fourth-order valence-electron chi connectivity index (χ4n) is 1.10. The van der Waals surface area contributed by atoms with Gasteiger partial charge >= 0.3 is 0 Å². The van der Waals surface area contributed by atoms with E-state index in [0.29, 0.717) is 11.3 Å². The predicted octanol–water partition coefficient (Wildman–Crippen LogP) is 1.85. The van der Waals surface area contributed by atoms with Crippen molar-refractivity contribution in [2.45, 2.75) is 0 Å². The second-order valence-electron chi connectivity index (χ2n) is 2.93. The van der Waals surface area contributed by atoms with Crippen LogP contribution in [0.5, 0.6) is 5.75 Å². The first-order valence-electron chi connectivity index (χ1n) is 4.33. The fraction of sp³-hybridized carbons (Fsp3) is 0.0909. The Bertz CT molecular complexity index is 489. The van der Waals surface area contributed by atoms with Crippen molar-refractivity contribution in [3.05, 3.63) is 33.8 Å². The highest BCUT2D eigenvalue weighted by Crippen LogP contribution is 2.26. The van der Waals surface area contributed by atoms with Gasteiger partial charge in [0.25, 0.3) is 5.91 Å². The van der Waals surface area contributed by atoms with Crippen LogP contribution in [0, 0.1) is 11.3 Å². The number of carbonyl (C=O) groups is 1. The predicted molar refractivity (Wildman–Crippen MR) is 63.5 cm³/mol. The topological polar surface area (TPSA) is 76.1 Å². The lowest BCUT2D eigenvalue weighted by atomic mass is 10.1. The molecule has 82 valence electrons. The Morgan fingerprint density at radius 3 is 2.75 bits per heavy atom. The molecule has 0 spiro atoms. The molecule has 1 amide bonds. The van der Waals surface area contributed by atoms with Gasteiger partial charge in [-0.1, -0.05) is 6.07 Å². The van der Waals surface area contributed by atoms with Crippen LogP contribution in [0.25, 0.3) is 6.08 Å². The normalized spacial score (nSPS) is 10.7. The lowest BCUT2D eigenvalue weighted by molar-refractivity contribution is -0.114. The minimum Gasteiger partial charge on any atom is -0.496 e. The second-order valence-corrected chi connectivity index (χ2v) is 3.78. The zero-order valence-corrected chi connectivity index (χ0v) is 10.1. The lowest BCUT2D eigenvalue weighted by Gasteiger charge is -2.03. The minimum atomic E-state index is -0.741. The van der Waals surface area contributed by atoms with Gasteiger partial charge in [-0.25, -0.2) is 0 Å². The second kappa shape index (κ2) is 5.33. The number of hydrogen-bond donors (Lipinski definition) is 1. The number of carbonyl (C=O) groups excluding carboxylic acids is 1. The first kappa shape index (κ1) is 12.3. The summed E-state index contributed by atoms with van der Waals surface area (Å²) in [5, 5.41) is 8.67. The Morgan fingerprint density at radius 2 is 2.31 bits per heavy atom. The van der Waals surface area contributed by atoms with E-state index in [4.69, 9.17) is 15.7 Å². The molecule has 0 fully saturated rings. The van der Waals surface area contributed by atoms with Crippen LogP contribution in [-0.4, -0.2) is 13.0 Å². The number of hydrogen-bond acceptors (Lipinski definition) is 3. The van der Waals surface area contributed by atoms with Crippen LogP contribution in [0.3, 0.4) is 0 Å². The van der Waals surface area contributed by atoms with Gasteiger partial charge in [-0.2, -0.15) is 5.26 Å². The van der Waals surface area contributed by atoms with Crippen molar-refractivity contribution in [1.29, 1.82) is 5.26 Å². The maximum absolute atomic E-state index is 10.8. The molecule has 1 aromatic carbocycles. The summed E-state index contributed by atoms with van der Waals surface area (Å²) in [5.74, 6) is -0.0656. The van der Waals surface area contributed by atoms with E-state index in [1.165, 1.54) is 6.08 Å². The van der Waals surface area contributed by atoms with E-state index in [2.05, 4.69) is 15.9 Å². The number of nitriles is 1. The molecule has 0 bridgehead atoms. The van der Waals surface area contributed by atoms with E-state index in [9.17, 15) is 4.79 Å². The molecule has 0 aliphatic heterocycles. The summed E-state index contributed by atoms with van der Waals surface area (Å²) < 4.78 is 5.80. The first-order valence-corrected chi connectivity index (χ1v) is 5.13. The molecule has 0 atom stereocenters. The summed E-state index contributed by atoms with van der Waals surface area (Å²) in [5.41, 5.74) is 5.63. The number of amides is 1. The van der Waals surface area contributed by atoms with Crippen molar-refractivity contribution in [3.63, 3.8) is 0 Å². The molecule has 1 rings (SSSR count). The monoisotopic (exact) mass is 280 g/mol. The van der Waals surface area contributed by atoms with E-state index < -0.39 is 5.91 Å². The van der Waals surface area contributed by atoms with E-state index >= 15 is 0 Å². The molecule has 0 heterocycles. The number of rotatable bonds is 3. The van der Waals surface area contributed by atoms with Crippen LogP contribution < -0.4 is 10.5 Å². The molecular formula is C11H9BrN2O2. The number of ether oxygens (including phenoxy) is 1. The van der Waals surface area contributed by atoms with E-state index in [1.807, 2.05) is 0 Å². The first-order chi connectivity index (χ1) is 7.58. The van der Waals surface area contributed by atoms with Crippen LogP contribution in [0.2, 0.25) is 0 Å². The molecule has 0 aliphatic rings. The van der Waals surface area contributed by atoms with Crippen molar-refractivity contribution < 1.29 is 9.53 Å². The molecular weight excluding hydrogens is 272 g/mol. The molecule has 0 aromatic heterocycles. The number of nitrogens with two attached hydrogens (primary N) is 1. The Labute approximate surface area is 101 Å². The largest absolute Gasteiger partial charge is 0.496 e. The molecule has 0 aliphatic carbocycles. The van der Waals surface area contributed by atoms with Crippen molar-refractivity contribution in [3.8, 4) is 11.8 Å². The Balaban J connectivity index is 3.12. The van der Waals surface area contributed by atoms with Crippen LogP contribution in [-0.2, 0) is 4.79 Å². The third-order valence-electron chi connectivity index (χ3n) is 1.87. The maximum Gasteiger partial charge on any atom is 0.259 e. The van der Waals surface area contributed by atoms with Crippen LogP contribution in [0.1, 0.15) is 5.56 Å². The van der Waals surface area contributed by atoms with Gasteiger partial charge < -0.3 is 10.5 Å². The third-order valence-corrected chi connectivity index (χ3v) is 2.49. The van der Waals surface area contributed by atoms with Crippen LogP contribution in [0.15, 0.2) is 28.2 Å². The van der Waals surface area contributed by atoms with Gasteiger partial charge in [0.15, 0.2) is 0 Å². The summed E-state index contributed by atoms with van der Waals surface area (Å²) >= 11 is 3.30. The number of nitrogens with zero attached hydrogens (tertiary/aromatic N) is 1. The fourth-order valence-corrected chi connectivity index (χ4v) is 1.66. The molecule has 5 heteroatoms. The average molecular weight is 281 g/mol. The highest BCUT2D eigenvalue weighted by Gasteiger charge is 2.05. The van der Waals surface area contributed by atoms with Crippen LogP contribution in [0.4, 0.5) is 0 Å². The van der Waals surface area contributed by atoms with Gasteiger partial charge in [-0.05, 0) is 39.7 Å². The Morgan fingerprint density at radius 1 is 1.62 bits per heavy atom. The zero-order valence-electron chi connectivity index (χ0n) is 8.53. The van der Waals surface area contributed by atoms with Crippen molar-refractivity contribution in [2.24, 2.45) is 5.73 Å². The van der Waals surface area contributed by atoms with E-state index in [1.54, 1.807) is 31.4 Å². The molecule has 2 N–H and O–H groups in total. The Kier molecular flexibility index (Phi) is 4.09. The zero-order chi connectivity index (χ0) is 12.1. The Hall–Kier alpha value is -1.80. The summed E-state index contributed by atoms with van der Waals surface area (Å²) in [7, 11) is 1.56. The van der Waals surface area contributed by atoms with Crippen molar-refractivity contribution in [1.82, 2.24) is 0 Å². The van der Waals surface area contributed by atoms with Crippen molar-refractivity contribution in [2.75, 3.05) is 7.11 Å². The third kappa shape index (κ3) is 2.84.